The molecule has 3 rings (SSSR count). The summed E-state index contributed by atoms with van der Waals surface area (Å²) < 4.78 is 7.41. The number of hydrogen-bond acceptors (Lipinski definition) is 3. The van der Waals surface area contributed by atoms with Crippen LogP contribution in [0.1, 0.15) is 35.8 Å². The second kappa shape index (κ2) is 6.32. The number of rotatable bonds is 4. The maximum absolute atomic E-state index is 12.6. The van der Waals surface area contributed by atoms with Gasteiger partial charge in [0.2, 0.25) is 0 Å². The Balaban J connectivity index is 1.85. The molecule has 116 valence electrons. The number of carbonyl (C=O) groups is 1. The van der Waals surface area contributed by atoms with E-state index in [0.29, 0.717) is 12.3 Å². The van der Waals surface area contributed by atoms with Crippen molar-refractivity contribution < 1.29 is 9.53 Å². The van der Waals surface area contributed by atoms with Crippen LogP contribution in [0.3, 0.4) is 0 Å². The van der Waals surface area contributed by atoms with Gasteiger partial charge in [-0.2, -0.15) is 5.10 Å². The summed E-state index contributed by atoms with van der Waals surface area (Å²) in [4.78, 5) is 12.6. The van der Waals surface area contributed by atoms with Gasteiger partial charge in [0.05, 0.1) is 12.1 Å². The van der Waals surface area contributed by atoms with Crippen molar-refractivity contribution in [3.63, 3.8) is 0 Å². The minimum atomic E-state index is -0.466. The van der Waals surface area contributed by atoms with E-state index in [0.717, 1.165) is 31.6 Å². The van der Waals surface area contributed by atoms with Crippen molar-refractivity contribution in [2.24, 2.45) is 0 Å². The molecule has 1 aliphatic rings. The Morgan fingerprint density at radius 2 is 2.18 bits per heavy atom. The standard InChI is InChI=1S/C17H21N3O2/c1-2-20-11-9-15(19-20)16(21)18-17(10-6-12-22-13-17)14-7-4-3-5-8-14/h3-5,7-9,11H,2,6,10,12-13H2,1H3,(H,18,21). The Hall–Kier alpha value is -2.14. The van der Waals surface area contributed by atoms with Crippen molar-refractivity contribution in [3.05, 3.63) is 53.9 Å². The summed E-state index contributed by atoms with van der Waals surface area (Å²) in [6, 6.07) is 11.8. The molecule has 1 amide bonds. The first kappa shape index (κ1) is 14.8. The van der Waals surface area contributed by atoms with Crippen LogP contribution in [0.5, 0.6) is 0 Å². The van der Waals surface area contributed by atoms with Gasteiger partial charge in [-0.1, -0.05) is 30.3 Å². The first-order valence-electron chi connectivity index (χ1n) is 7.73. The highest BCUT2D eigenvalue weighted by atomic mass is 16.5. The average molecular weight is 299 g/mol. The number of amides is 1. The zero-order valence-electron chi connectivity index (χ0n) is 12.8. The zero-order chi connectivity index (χ0) is 15.4. The van der Waals surface area contributed by atoms with E-state index in [4.69, 9.17) is 4.74 Å². The molecule has 1 saturated heterocycles. The maximum Gasteiger partial charge on any atom is 0.272 e. The molecule has 1 aromatic heterocycles. The third-order valence-corrected chi connectivity index (χ3v) is 4.12. The Morgan fingerprint density at radius 3 is 2.82 bits per heavy atom. The van der Waals surface area contributed by atoms with E-state index in [1.807, 2.05) is 43.5 Å². The fourth-order valence-corrected chi connectivity index (χ4v) is 2.89. The molecule has 1 unspecified atom stereocenters. The lowest BCUT2D eigenvalue weighted by Gasteiger charge is -2.38. The molecule has 2 heterocycles. The van der Waals surface area contributed by atoms with E-state index >= 15 is 0 Å². The van der Waals surface area contributed by atoms with Crippen LogP contribution in [0.2, 0.25) is 0 Å². The molecular weight excluding hydrogens is 278 g/mol. The highest BCUT2D eigenvalue weighted by molar-refractivity contribution is 5.92. The Bertz CT molecular complexity index is 630. The van der Waals surface area contributed by atoms with E-state index in [9.17, 15) is 4.79 Å². The molecule has 0 bridgehead atoms. The Labute approximate surface area is 130 Å². The number of hydrogen-bond donors (Lipinski definition) is 1. The first-order valence-corrected chi connectivity index (χ1v) is 7.73. The van der Waals surface area contributed by atoms with Gasteiger partial charge in [-0.3, -0.25) is 9.48 Å². The highest BCUT2D eigenvalue weighted by Crippen LogP contribution is 2.30. The van der Waals surface area contributed by atoms with E-state index in [2.05, 4.69) is 10.4 Å². The smallest absolute Gasteiger partial charge is 0.272 e. The molecule has 2 aromatic rings. The second-order valence-electron chi connectivity index (χ2n) is 5.62. The number of carbonyl (C=O) groups excluding carboxylic acids is 1. The van der Waals surface area contributed by atoms with Gasteiger partial charge >= 0.3 is 0 Å². The van der Waals surface area contributed by atoms with E-state index in [1.54, 1.807) is 10.7 Å². The summed E-state index contributed by atoms with van der Waals surface area (Å²) in [5.74, 6) is -0.151. The van der Waals surface area contributed by atoms with Gasteiger partial charge in [-0.15, -0.1) is 0 Å². The lowest BCUT2D eigenvalue weighted by atomic mass is 9.84. The number of nitrogens with zero attached hydrogens (tertiary/aromatic N) is 2. The maximum atomic E-state index is 12.6. The summed E-state index contributed by atoms with van der Waals surface area (Å²) in [6.45, 7) is 3.99. The molecule has 0 aliphatic carbocycles. The van der Waals surface area contributed by atoms with Crippen molar-refractivity contribution >= 4 is 5.91 Å². The summed E-state index contributed by atoms with van der Waals surface area (Å²) >= 11 is 0. The SMILES string of the molecule is CCn1ccc(C(=O)NC2(c3ccccc3)CCCOC2)n1. The topological polar surface area (TPSA) is 56.2 Å². The quantitative estimate of drug-likeness (QED) is 0.942. The van der Waals surface area contributed by atoms with Crippen molar-refractivity contribution in [1.82, 2.24) is 15.1 Å². The lowest BCUT2D eigenvalue weighted by Crippen LogP contribution is -2.51. The molecule has 0 saturated carbocycles. The fraction of sp³-hybridized carbons (Fsp3) is 0.412. The molecule has 1 aromatic carbocycles. The zero-order valence-corrected chi connectivity index (χ0v) is 12.8. The minimum absolute atomic E-state index is 0.151. The van der Waals surface area contributed by atoms with Crippen LogP contribution in [0.25, 0.3) is 0 Å². The van der Waals surface area contributed by atoms with Crippen LogP contribution in [0.4, 0.5) is 0 Å². The highest BCUT2D eigenvalue weighted by Gasteiger charge is 2.36. The molecule has 1 aliphatic heterocycles. The molecule has 1 fully saturated rings. The van der Waals surface area contributed by atoms with Crippen molar-refractivity contribution in [2.45, 2.75) is 31.8 Å². The fourth-order valence-electron chi connectivity index (χ4n) is 2.89. The predicted molar refractivity (Wildman–Crippen MR) is 83.5 cm³/mol. The third-order valence-electron chi connectivity index (χ3n) is 4.12. The number of ether oxygens (including phenoxy) is 1. The Morgan fingerprint density at radius 1 is 1.36 bits per heavy atom. The predicted octanol–water partition coefficient (Wildman–Crippen LogP) is 2.34. The Kier molecular flexibility index (Phi) is 4.24. The third kappa shape index (κ3) is 2.90. The van der Waals surface area contributed by atoms with Crippen LogP contribution >= 0.6 is 0 Å². The molecule has 0 radical (unpaired) electrons. The lowest BCUT2D eigenvalue weighted by molar-refractivity contribution is 0.0176. The van der Waals surface area contributed by atoms with Crippen LogP contribution in [-0.4, -0.2) is 28.9 Å². The first-order chi connectivity index (χ1) is 10.7. The largest absolute Gasteiger partial charge is 0.379 e. The molecule has 5 nitrogen and oxygen atoms in total. The molecule has 0 spiro atoms. The van der Waals surface area contributed by atoms with Crippen LogP contribution in [0, 0.1) is 0 Å². The van der Waals surface area contributed by atoms with Gasteiger partial charge in [0, 0.05) is 19.3 Å². The normalized spacial score (nSPS) is 21.5. The van der Waals surface area contributed by atoms with Gasteiger partial charge in [0.25, 0.3) is 5.91 Å². The molecule has 22 heavy (non-hydrogen) atoms. The van der Waals surface area contributed by atoms with Crippen LogP contribution in [-0.2, 0) is 16.8 Å². The summed E-state index contributed by atoms with van der Waals surface area (Å²) in [5.41, 5.74) is 1.06. The summed E-state index contributed by atoms with van der Waals surface area (Å²) in [5, 5.41) is 7.45. The summed E-state index contributed by atoms with van der Waals surface area (Å²) in [7, 11) is 0. The van der Waals surface area contributed by atoms with Crippen molar-refractivity contribution in [1.29, 1.82) is 0 Å². The van der Waals surface area contributed by atoms with Gasteiger partial charge < -0.3 is 10.1 Å². The van der Waals surface area contributed by atoms with E-state index < -0.39 is 5.54 Å². The number of nitrogens with one attached hydrogen (secondary N) is 1. The van der Waals surface area contributed by atoms with Gasteiger partial charge in [0.15, 0.2) is 0 Å². The van der Waals surface area contributed by atoms with Gasteiger partial charge in [-0.25, -0.2) is 0 Å². The average Bonchev–Trinajstić information content (AvgIpc) is 3.06. The van der Waals surface area contributed by atoms with Gasteiger partial charge in [0.1, 0.15) is 5.69 Å². The monoisotopic (exact) mass is 299 g/mol. The molecule has 5 heteroatoms. The van der Waals surface area contributed by atoms with E-state index in [-0.39, 0.29) is 5.91 Å². The van der Waals surface area contributed by atoms with Crippen molar-refractivity contribution in [3.8, 4) is 0 Å². The van der Waals surface area contributed by atoms with Crippen molar-refractivity contribution in [2.75, 3.05) is 13.2 Å². The molecule has 1 atom stereocenters. The molecule has 1 N–H and O–H groups in total. The van der Waals surface area contributed by atoms with Crippen LogP contribution < -0.4 is 5.32 Å². The number of benzene rings is 1. The van der Waals surface area contributed by atoms with Crippen LogP contribution in [0.15, 0.2) is 42.6 Å². The summed E-state index contributed by atoms with van der Waals surface area (Å²) in [6.07, 6.45) is 3.62. The van der Waals surface area contributed by atoms with E-state index in [1.165, 1.54) is 0 Å². The number of aromatic nitrogens is 2. The minimum Gasteiger partial charge on any atom is -0.379 e. The second-order valence-corrected chi connectivity index (χ2v) is 5.62. The number of aryl methyl sites for hydroxylation is 1. The molecular formula is C17H21N3O2. The van der Waals surface area contributed by atoms with Gasteiger partial charge in [-0.05, 0) is 31.4 Å².